The molecule has 0 bridgehead atoms. The number of hydrogen-bond donors (Lipinski definition) is 1. The number of hydrogen-bond acceptors (Lipinski definition) is 9. The molecule has 226 valence electrons. The molecule has 1 aromatic carbocycles. The number of nitrogens with zero attached hydrogens (tertiary/aromatic N) is 8. The molecule has 1 amide bonds. The standard InChI is InChI=1S/C28H31F2N9O3S/c1-35(11-13-43(2)41)27(40)18-14-24(21(30)15-20(18)29)37-8-5-36(6-9-37)7-10-38-26-19(17-32-38)23-16-22(25-4-3-12-42-25)34-39(23)28(31)33-26/h3-4,12,14-17H,5-11,13H2,1-2H3,(H2,31,33)/t43-/m0/s1. The average molecular weight is 612 g/mol. The zero-order valence-corrected chi connectivity index (χ0v) is 24.6. The summed E-state index contributed by atoms with van der Waals surface area (Å²) in [6.45, 7) is 3.71. The number of rotatable bonds is 9. The second-order valence-corrected chi connectivity index (χ2v) is 12.0. The summed E-state index contributed by atoms with van der Waals surface area (Å²) in [5.41, 5.74) is 8.29. The molecule has 1 aliphatic rings. The second kappa shape index (κ2) is 11.7. The Morgan fingerprint density at radius 1 is 1.14 bits per heavy atom. The molecule has 0 unspecified atom stereocenters. The van der Waals surface area contributed by atoms with Gasteiger partial charge in [-0.3, -0.25) is 13.9 Å². The smallest absolute Gasteiger partial charge is 0.256 e. The molecule has 2 N–H and O–H groups in total. The van der Waals surface area contributed by atoms with Gasteiger partial charge in [-0.1, -0.05) is 0 Å². The van der Waals surface area contributed by atoms with Gasteiger partial charge < -0.3 is 20.0 Å². The molecule has 1 aliphatic heterocycles. The Morgan fingerprint density at radius 3 is 2.65 bits per heavy atom. The summed E-state index contributed by atoms with van der Waals surface area (Å²) >= 11 is 0. The minimum absolute atomic E-state index is 0.188. The van der Waals surface area contributed by atoms with E-state index in [-0.39, 0.29) is 29.5 Å². The van der Waals surface area contributed by atoms with Crippen LogP contribution in [0.4, 0.5) is 20.4 Å². The minimum atomic E-state index is -1.09. The van der Waals surface area contributed by atoms with Crippen LogP contribution in [0.2, 0.25) is 0 Å². The van der Waals surface area contributed by atoms with Crippen LogP contribution in [0.1, 0.15) is 10.4 Å². The van der Waals surface area contributed by atoms with Crippen LogP contribution >= 0.6 is 0 Å². The van der Waals surface area contributed by atoms with Crippen LogP contribution < -0.4 is 10.6 Å². The number of nitrogens with two attached hydrogens (primary N) is 1. The van der Waals surface area contributed by atoms with Gasteiger partial charge in [0.25, 0.3) is 5.91 Å². The van der Waals surface area contributed by atoms with Crippen LogP contribution in [-0.2, 0) is 17.3 Å². The predicted octanol–water partition coefficient (Wildman–Crippen LogP) is 2.47. The fourth-order valence-electron chi connectivity index (χ4n) is 5.25. The van der Waals surface area contributed by atoms with E-state index in [1.807, 2.05) is 17.0 Å². The predicted molar refractivity (Wildman–Crippen MR) is 159 cm³/mol. The molecule has 0 spiro atoms. The fraction of sp³-hybridized carbons (Fsp3) is 0.357. The molecular weight excluding hydrogens is 580 g/mol. The number of nitrogen functional groups attached to an aromatic ring is 1. The van der Waals surface area contributed by atoms with Crippen molar-refractivity contribution in [3.8, 4) is 11.5 Å². The highest BCUT2D eigenvalue weighted by Gasteiger charge is 2.25. The van der Waals surface area contributed by atoms with Crippen LogP contribution in [-0.4, -0.2) is 103 Å². The number of benzene rings is 1. The fourth-order valence-corrected chi connectivity index (χ4v) is 5.79. The summed E-state index contributed by atoms with van der Waals surface area (Å²) in [7, 11) is 0.422. The lowest BCUT2D eigenvalue weighted by molar-refractivity contribution is 0.0799. The number of carbonyl (C=O) groups excluding carboxylic acids is 1. The van der Waals surface area contributed by atoms with E-state index in [4.69, 9.17) is 10.2 Å². The molecule has 5 aromatic rings. The number of fused-ring (bicyclic) bond motifs is 3. The third-order valence-corrected chi connectivity index (χ3v) is 8.43. The van der Waals surface area contributed by atoms with Crippen LogP contribution in [0.25, 0.3) is 28.0 Å². The molecule has 0 saturated carbocycles. The quantitative estimate of drug-likeness (QED) is 0.267. The van der Waals surface area contributed by atoms with Gasteiger partial charge in [0.1, 0.15) is 17.3 Å². The van der Waals surface area contributed by atoms with E-state index >= 15 is 0 Å². The SMILES string of the molecule is CN(CC[S@](C)=O)C(=O)c1cc(N2CCN(CCn3ncc4c3nc(N)n3nc(-c5ccco5)cc43)CC2)c(F)cc1F. The first-order chi connectivity index (χ1) is 20.7. The molecule has 4 aromatic heterocycles. The molecular formula is C28H31F2N9O3S. The first-order valence-corrected chi connectivity index (χ1v) is 15.5. The van der Waals surface area contributed by atoms with Gasteiger partial charge in [0, 0.05) is 75.2 Å². The number of carbonyl (C=O) groups is 1. The summed E-state index contributed by atoms with van der Waals surface area (Å²) in [6, 6.07) is 7.55. The van der Waals surface area contributed by atoms with Crippen LogP contribution in [0.5, 0.6) is 0 Å². The van der Waals surface area contributed by atoms with Crippen molar-refractivity contribution < 1.29 is 22.2 Å². The van der Waals surface area contributed by atoms with E-state index in [1.165, 1.54) is 24.3 Å². The monoisotopic (exact) mass is 611 g/mol. The van der Waals surface area contributed by atoms with Gasteiger partial charge >= 0.3 is 0 Å². The maximum Gasteiger partial charge on any atom is 0.256 e. The van der Waals surface area contributed by atoms with E-state index in [1.54, 1.807) is 27.7 Å². The Hall–Kier alpha value is -4.37. The van der Waals surface area contributed by atoms with Crippen LogP contribution in [0, 0.1) is 11.6 Å². The Labute approximate surface area is 248 Å². The summed E-state index contributed by atoms with van der Waals surface area (Å²) < 4.78 is 49.7. The lowest BCUT2D eigenvalue weighted by Gasteiger charge is -2.36. The van der Waals surface area contributed by atoms with Crippen molar-refractivity contribution in [3.05, 3.63) is 60.0 Å². The zero-order valence-electron chi connectivity index (χ0n) is 23.7. The molecule has 0 aliphatic carbocycles. The van der Waals surface area contributed by atoms with Crippen molar-refractivity contribution in [2.24, 2.45) is 0 Å². The number of amides is 1. The first kappa shape index (κ1) is 28.7. The van der Waals surface area contributed by atoms with Gasteiger partial charge in [-0.15, -0.1) is 0 Å². The van der Waals surface area contributed by atoms with Crippen molar-refractivity contribution in [1.82, 2.24) is 34.2 Å². The number of piperazine rings is 1. The normalized spacial score (nSPS) is 15.0. The lowest BCUT2D eigenvalue weighted by Crippen LogP contribution is -2.47. The number of furan rings is 1. The van der Waals surface area contributed by atoms with Crippen molar-refractivity contribution >= 4 is 44.9 Å². The lowest BCUT2D eigenvalue weighted by atomic mass is 10.1. The van der Waals surface area contributed by atoms with E-state index in [9.17, 15) is 17.8 Å². The van der Waals surface area contributed by atoms with Gasteiger partial charge in [-0.05, 0) is 24.3 Å². The molecule has 43 heavy (non-hydrogen) atoms. The number of halogens is 2. The molecule has 15 heteroatoms. The van der Waals surface area contributed by atoms with Gasteiger partial charge in [-0.2, -0.15) is 19.7 Å². The highest BCUT2D eigenvalue weighted by atomic mass is 32.2. The summed E-state index contributed by atoms with van der Waals surface area (Å²) in [5, 5.41) is 9.88. The van der Waals surface area contributed by atoms with Gasteiger partial charge in [0.05, 0.1) is 41.2 Å². The summed E-state index contributed by atoms with van der Waals surface area (Å²) in [4.78, 5) is 22.7. The Balaban J connectivity index is 1.11. The highest BCUT2D eigenvalue weighted by molar-refractivity contribution is 7.84. The Kier molecular flexibility index (Phi) is 7.83. The second-order valence-electron chi connectivity index (χ2n) is 10.5. The zero-order chi connectivity index (χ0) is 30.2. The van der Waals surface area contributed by atoms with Crippen molar-refractivity contribution in [3.63, 3.8) is 0 Å². The molecule has 1 atom stereocenters. The third kappa shape index (κ3) is 5.69. The highest BCUT2D eigenvalue weighted by Crippen LogP contribution is 2.28. The molecule has 1 saturated heterocycles. The van der Waals surface area contributed by atoms with Crippen LogP contribution in [0.15, 0.2) is 47.2 Å². The minimum Gasteiger partial charge on any atom is -0.463 e. The van der Waals surface area contributed by atoms with E-state index in [2.05, 4.69) is 20.1 Å². The molecule has 5 heterocycles. The number of aromatic nitrogens is 5. The molecule has 6 rings (SSSR count). The maximum absolute atomic E-state index is 14.8. The molecule has 12 nitrogen and oxygen atoms in total. The van der Waals surface area contributed by atoms with Crippen molar-refractivity contribution in [2.75, 3.05) is 69.0 Å². The van der Waals surface area contributed by atoms with Crippen LogP contribution in [0.3, 0.4) is 0 Å². The third-order valence-electron chi connectivity index (χ3n) is 7.68. The Bertz CT molecular complexity index is 1810. The maximum atomic E-state index is 14.8. The van der Waals surface area contributed by atoms with Gasteiger partial charge in [0.2, 0.25) is 5.95 Å². The number of anilines is 2. The molecule has 0 radical (unpaired) electrons. The van der Waals surface area contributed by atoms with Gasteiger partial charge in [0.15, 0.2) is 11.4 Å². The molecule has 1 fully saturated rings. The topological polar surface area (TPSA) is 131 Å². The van der Waals surface area contributed by atoms with E-state index in [0.29, 0.717) is 56.4 Å². The first-order valence-electron chi connectivity index (χ1n) is 13.8. The van der Waals surface area contributed by atoms with Crippen molar-refractivity contribution in [2.45, 2.75) is 6.54 Å². The average Bonchev–Trinajstić information content (AvgIpc) is 3.75. The summed E-state index contributed by atoms with van der Waals surface area (Å²) in [5.74, 6) is -1.06. The van der Waals surface area contributed by atoms with Gasteiger partial charge in [-0.25, -0.2) is 13.5 Å². The van der Waals surface area contributed by atoms with E-state index in [0.717, 1.165) is 17.0 Å². The largest absolute Gasteiger partial charge is 0.463 e. The van der Waals surface area contributed by atoms with E-state index < -0.39 is 28.3 Å². The Morgan fingerprint density at radius 2 is 1.93 bits per heavy atom. The van der Waals surface area contributed by atoms with Crippen molar-refractivity contribution in [1.29, 1.82) is 0 Å². The summed E-state index contributed by atoms with van der Waals surface area (Å²) in [6.07, 6.45) is 4.87.